The van der Waals surface area contributed by atoms with Crippen LogP contribution in [0.4, 0.5) is 5.69 Å². The summed E-state index contributed by atoms with van der Waals surface area (Å²) >= 11 is 13.1. The largest absolute Gasteiger partial charge is 0.497 e. The number of benzene rings is 2. The molecule has 1 fully saturated rings. The number of nitrogens with two attached hydrogens (primary N) is 1. The fourth-order valence-corrected chi connectivity index (χ4v) is 3.97. The molecule has 7 nitrogen and oxygen atoms in total. The van der Waals surface area contributed by atoms with Crippen molar-refractivity contribution in [2.24, 2.45) is 15.9 Å². The molecule has 156 valence electrons. The molecule has 30 heavy (non-hydrogen) atoms. The average molecular weight is 465 g/mol. The van der Waals surface area contributed by atoms with Crippen LogP contribution in [0, 0.1) is 0 Å². The molecule has 2 N–H and O–H groups in total. The van der Waals surface area contributed by atoms with E-state index >= 15 is 0 Å². The first-order valence-corrected chi connectivity index (χ1v) is 10.4. The maximum atomic E-state index is 12.8. The highest BCUT2D eigenvalue weighted by Gasteiger charge is 2.41. The summed E-state index contributed by atoms with van der Waals surface area (Å²) in [6, 6.07) is 11.9. The minimum atomic E-state index is -0.715. The summed E-state index contributed by atoms with van der Waals surface area (Å²) in [5.74, 6) is -0.0746. The number of nitrogens with zero attached hydrogens (tertiary/aromatic N) is 3. The van der Waals surface area contributed by atoms with Crippen molar-refractivity contribution in [2.45, 2.75) is 18.6 Å². The first-order valence-electron chi connectivity index (χ1n) is 8.80. The van der Waals surface area contributed by atoms with Crippen molar-refractivity contribution in [3.05, 3.63) is 58.1 Å². The number of imide groups is 1. The highest BCUT2D eigenvalue weighted by Crippen LogP contribution is 2.35. The molecule has 3 rings (SSSR count). The third-order valence-electron chi connectivity index (χ3n) is 4.32. The number of halogens is 2. The van der Waals surface area contributed by atoms with E-state index in [9.17, 15) is 9.59 Å². The minimum absolute atomic E-state index is 0.0241. The Balaban J connectivity index is 1.71. The number of anilines is 1. The Labute approximate surface area is 187 Å². The molecule has 0 radical (unpaired) electrons. The fourth-order valence-electron chi connectivity index (χ4n) is 2.79. The zero-order chi connectivity index (χ0) is 21.8. The van der Waals surface area contributed by atoms with Crippen molar-refractivity contribution in [1.82, 2.24) is 0 Å². The van der Waals surface area contributed by atoms with Gasteiger partial charge in [0.1, 0.15) is 11.0 Å². The van der Waals surface area contributed by atoms with Crippen LogP contribution in [0.25, 0.3) is 0 Å². The van der Waals surface area contributed by atoms with Crippen LogP contribution in [-0.2, 0) is 9.59 Å². The van der Waals surface area contributed by atoms with Crippen LogP contribution in [0.5, 0.6) is 5.75 Å². The topological polar surface area (TPSA) is 97.3 Å². The number of amidine groups is 1. The molecule has 0 bridgehead atoms. The summed E-state index contributed by atoms with van der Waals surface area (Å²) < 4.78 is 5.12. The lowest BCUT2D eigenvalue weighted by Gasteiger charge is -2.16. The SMILES string of the molecule is COc1ccc(/C(C)=N\N=C(N)S[C@@H]2CC(=O)N(c3cc(Cl)ccc3Cl)C2=O)cc1. The van der Waals surface area contributed by atoms with Crippen LogP contribution in [0.15, 0.2) is 52.7 Å². The van der Waals surface area contributed by atoms with Gasteiger partial charge in [-0.1, -0.05) is 35.0 Å². The monoisotopic (exact) mass is 464 g/mol. The molecule has 0 aromatic heterocycles. The van der Waals surface area contributed by atoms with Crippen molar-refractivity contribution in [1.29, 1.82) is 0 Å². The summed E-state index contributed by atoms with van der Waals surface area (Å²) in [6.07, 6.45) is -0.0241. The van der Waals surface area contributed by atoms with E-state index in [2.05, 4.69) is 10.2 Å². The number of rotatable bonds is 5. The Morgan fingerprint density at radius 3 is 2.53 bits per heavy atom. The Bertz CT molecular complexity index is 1040. The number of carbonyl (C=O) groups is 2. The number of carbonyl (C=O) groups excluding carboxylic acids is 2. The van der Waals surface area contributed by atoms with Crippen molar-refractivity contribution in [2.75, 3.05) is 12.0 Å². The Morgan fingerprint density at radius 1 is 1.17 bits per heavy atom. The normalized spacial score (nSPS) is 17.6. The molecule has 1 atom stereocenters. The van der Waals surface area contributed by atoms with Crippen molar-refractivity contribution >= 4 is 63.3 Å². The second kappa shape index (κ2) is 9.51. The molecular weight excluding hydrogens is 447 g/mol. The number of amides is 2. The number of hydrogen-bond donors (Lipinski definition) is 1. The zero-order valence-electron chi connectivity index (χ0n) is 16.1. The van der Waals surface area contributed by atoms with Gasteiger partial charge in [0.05, 0.1) is 23.5 Å². The van der Waals surface area contributed by atoms with Gasteiger partial charge in [0.15, 0.2) is 5.17 Å². The van der Waals surface area contributed by atoms with Gasteiger partial charge in [-0.3, -0.25) is 9.59 Å². The highest BCUT2D eigenvalue weighted by molar-refractivity contribution is 8.14. The quantitative estimate of drug-likeness (QED) is 0.310. The van der Waals surface area contributed by atoms with Gasteiger partial charge in [-0.15, -0.1) is 5.10 Å². The van der Waals surface area contributed by atoms with Gasteiger partial charge in [-0.05, 0) is 55.0 Å². The lowest BCUT2D eigenvalue weighted by molar-refractivity contribution is -0.121. The number of thioether (sulfide) groups is 1. The molecule has 1 aliphatic heterocycles. The minimum Gasteiger partial charge on any atom is -0.497 e. The molecule has 1 saturated heterocycles. The standard InChI is InChI=1S/C20H18Cl2N4O3S/c1-11(12-3-6-14(29-2)7-4-12)24-25-20(23)30-17-10-18(27)26(19(17)28)16-9-13(21)5-8-15(16)22/h3-9,17H,10H2,1-2H3,(H2,23,25)/b24-11-/t17-/m1/s1. The first kappa shape index (κ1) is 22.1. The van der Waals surface area contributed by atoms with Crippen LogP contribution in [0.1, 0.15) is 18.9 Å². The summed E-state index contributed by atoms with van der Waals surface area (Å²) in [5.41, 5.74) is 7.68. The molecule has 0 saturated carbocycles. The van der Waals surface area contributed by atoms with E-state index in [1.165, 1.54) is 12.1 Å². The molecule has 2 aromatic rings. The third kappa shape index (κ3) is 4.95. The van der Waals surface area contributed by atoms with Crippen molar-refractivity contribution in [3.63, 3.8) is 0 Å². The number of methoxy groups -OCH3 is 1. The molecule has 0 spiro atoms. The summed E-state index contributed by atoms with van der Waals surface area (Å²) in [7, 11) is 1.59. The van der Waals surface area contributed by atoms with E-state index in [4.69, 9.17) is 33.7 Å². The molecule has 1 aliphatic rings. The molecule has 0 aliphatic carbocycles. The predicted octanol–water partition coefficient (Wildman–Crippen LogP) is 4.11. The lowest BCUT2D eigenvalue weighted by atomic mass is 10.1. The number of hydrogen-bond acceptors (Lipinski definition) is 6. The van der Waals surface area contributed by atoms with E-state index in [-0.39, 0.29) is 28.2 Å². The van der Waals surface area contributed by atoms with Gasteiger partial charge in [0.2, 0.25) is 11.8 Å². The zero-order valence-corrected chi connectivity index (χ0v) is 18.5. The lowest BCUT2D eigenvalue weighted by Crippen LogP contribution is -2.32. The molecule has 2 amide bonds. The Morgan fingerprint density at radius 2 is 1.87 bits per heavy atom. The highest BCUT2D eigenvalue weighted by atomic mass is 35.5. The summed E-state index contributed by atoms with van der Waals surface area (Å²) in [4.78, 5) is 26.2. The van der Waals surface area contributed by atoms with Gasteiger partial charge in [0, 0.05) is 11.4 Å². The van der Waals surface area contributed by atoms with Crippen LogP contribution in [0.3, 0.4) is 0 Å². The second-order valence-electron chi connectivity index (χ2n) is 6.33. The van der Waals surface area contributed by atoms with E-state index < -0.39 is 11.2 Å². The van der Waals surface area contributed by atoms with Gasteiger partial charge in [-0.2, -0.15) is 5.10 Å². The van der Waals surface area contributed by atoms with E-state index in [1.807, 2.05) is 24.3 Å². The molecular formula is C20H18Cl2N4O3S. The molecule has 2 aromatic carbocycles. The number of ether oxygens (including phenoxy) is 1. The molecule has 0 unspecified atom stereocenters. The maximum Gasteiger partial charge on any atom is 0.247 e. The second-order valence-corrected chi connectivity index (χ2v) is 8.39. The first-order chi connectivity index (χ1) is 14.3. The van der Waals surface area contributed by atoms with Gasteiger partial charge in [0.25, 0.3) is 0 Å². The molecule has 1 heterocycles. The Hall–Kier alpha value is -2.55. The third-order valence-corrected chi connectivity index (χ3v) is 5.85. The van der Waals surface area contributed by atoms with Gasteiger partial charge < -0.3 is 10.5 Å². The van der Waals surface area contributed by atoms with Crippen molar-refractivity contribution in [3.8, 4) is 5.75 Å². The van der Waals surface area contributed by atoms with Crippen LogP contribution < -0.4 is 15.4 Å². The van der Waals surface area contributed by atoms with Crippen LogP contribution >= 0.6 is 35.0 Å². The average Bonchev–Trinajstić information content (AvgIpc) is 3.01. The fraction of sp³-hybridized carbons (Fsp3) is 0.200. The van der Waals surface area contributed by atoms with Gasteiger partial charge >= 0.3 is 0 Å². The van der Waals surface area contributed by atoms with E-state index in [0.29, 0.717) is 10.7 Å². The van der Waals surface area contributed by atoms with E-state index in [1.54, 1.807) is 20.1 Å². The summed E-state index contributed by atoms with van der Waals surface area (Å²) in [5, 5.41) is 8.08. The Kier molecular flexibility index (Phi) is 7.02. The summed E-state index contributed by atoms with van der Waals surface area (Å²) in [6.45, 7) is 1.79. The molecule has 10 heteroatoms. The van der Waals surface area contributed by atoms with Crippen molar-refractivity contribution < 1.29 is 14.3 Å². The van der Waals surface area contributed by atoms with Crippen LogP contribution in [-0.4, -0.2) is 35.1 Å². The van der Waals surface area contributed by atoms with Crippen LogP contribution in [0.2, 0.25) is 10.0 Å². The van der Waals surface area contributed by atoms with E-state index in [0.717, 1.165) is 28.0 Å². The van der Waals surface area contributed by atoms with Gasteiger partial charge in [-0.25, -0.2) is 4.90 Å². The predicted molar refractivity (Wildman–Crippen MR) is 122 cm³/mol. The smallest absolute Gasteiger partial charge is 0.247 e. The maximum absolute atomic E-state index is 12.8.